The normalized spacial score (nSPS) is 27.5. The van der Waals surface area contributed by atoms with Crippen molar-refractivity contribution in [1.82, 2.24) is 10.3 Å². The maximum absolute atomic E-state index is 10.8. The molecule has 0 bridgehead atoms. The second-order valence-electron chi connectivity index (χ2n) is 6.10. The molecule has 5 N–H and O–H groups in total. The van der Waals surface area contributed by atoms with Gasteiger partial charge in [0.1, 0.15) is 12.0 Å². The van der Waals surface area contributed by atoms with Crippen molar-refractivity contribution >= 4 is 23.7 Å². The Balaban J connectivity index is 1.89. The third-order valence-electron chi connectivity index (χ3n) is 4.58. The first kappa shape index (κ1) is 15.8. The number of nitrogens with two attached hydrogens (primary N) is 1. The molecular weight excluding hydrogens is 298 g/mol. The second kappa shape index (κ2) is 6.59. The van der Waals surface area contributed by atoms with Gasteiger partial charge in [-0.15, -0.1) is 0 Å². The van der Waals surface area contributed by atoms with Gasteiger partial charge in [-0.3, -0.25) is 4.79 Å². The minimum Gasteiger partial charge on any atom is -0.396 e. The van der Waals surface area contributed by atoms with E-state index in [2.05, 4.69) is 10.3 Å². The van der Waals surface area contributed by atoms with E-state index in [-0.39, 0.29) is 18.8 Å². The van der Waals surface area contributed by atoms with Crippen molar-refractivity contribution in [3.05, 3.63) is 12.1 Å². The first-order valence-electron chi connectivity index (χ1n) is 7.92. The molecule has 3 atom stereocenters. The Hall–Kier alpha value is -2.06. The number of hydrogen-bond acceptors (Lipinski definition) is 7. The van der Waals surface area contributed by atoms with Crippen LogP contribution >= 0.6 is 0 Å². The molecule has 8 heteroatoms. The predicted molar refractivity (Wildman–Crippen MR) is 87.1 cm³/mol. The molecule has 0 radical (unpaired) electrons. The van der Waals surface area contributed by atoms with Crippen LogP contribution in [0.2, 0.25) is 0 Å². The van der Waals surface area contributed by atoms with Gasteiger partial charge in [-0.2, -0.15) is 0 Å². The van der Waals surface area contributed by atoms with E-state index in [0.29, 0.717) is 36.7 Å². The Bertz CT molecular complexity index is 570. The zero-order valence-electron chi connectivity index (χ0n) is 12.9. The average molecular weight is 321 g/mol. The number of aromatic nitrogens is 1. The maximum Gasteiger partial charge on any atom is 0.208 e. The summed E-state index contributed by atoms with van der Waals surface area (Å²) in [7, 11) is 0. The van der Waals surface area contributed by atoms with Gasteiger partial charge in [-0.25, -0.2) is 4.98 Å². The first-order valence-corrected chi connectivity index (χ1v) is 7.92. The molecule has 8 nitrogen and oxygen atoms in total. The molecule has 0 saturated carbocycles. The van der Waals surface area contributed by atoms with E-state index in [1.54, 1.807) is 12.1 Å². The number of anilines is 3. The zero-order chi connectivity index (χ0) is 16.4. The average Bonchev–Trinajstić information content (AvgIpc) is 3.14. The van der Waals surface area contributed by atoms with Crippen molar-refractivity contribution in [1.29, 1.82) is 0 Å². The van der Waals surface area contributed by atoms with Gasteiger partial charge in [0.2, 0.25) is 6.41 Å². The Morgan fingerprint density at radius 2 is 2.26 bits per heavy atom. The number of aliphatic hydroxyl groups is 2. The van der Waals surface area contributed by atoms with Crippen molar-refractivity contribution in [2.24, 2.45) is 0 Å². The number of nitrogen functional groups attached to an aromatic ring is 1. The number of amides is 1. The number of carbonyl (C=O) groups excluding carboxylic acids is 1. The summed E-state index contributed by atoms with van der Waals surface area (Å²) in [5, 5.41) is 22.1. The summed E-state index contributed by atoms with van der Waals surface area (Å²) in [6.45, 7) is 1.29. The Kier molecular flexibility index (Phi) is 4.53. The third-order valence-corrected chi connectivity index (χ3v) is 4.58. The minimum atomic E-state index is -0.507. The molecule has 2 aliphatic heterocycles. The molecule has 0 spiro atoms. The summed E-state index contributed by atoms with van der Waals surface area (Å²) in [4.78, 5) is 19.3. The fraction of sp³-hybridized carbons (Fsp3) is 0.600. The number of carbonyl (C=O) groups is 1. The highest BCUT2D eigenvalue weighted by molar-refractivity contribution is 5.67. The van der Waals surface area contributed by atoms with E-state index in [1.807, 2.05) is 9.80 Å². The van der Waals surface area contributed by atoms with Crippen LogP contribution in [0.25, 0.3) is 0 Å². The van der Waals surface area contributed by atoms with E-state index in [9.17, 15) is 15.0 Å². The predicted octanol–water partition coefficient (Wildman–Crippen LogP) is -0.732. The molecule has 126 valence electrons. The lowest BCUT2D eigenvalue weighted by molar-refractivity contribution is -0.110. The van der Waals surface area contributed by atoms with E-state index in [4.69, 9.17) is 5.73 Å². The highest BCUT2D eigenvalue weighted by Crippen LogP contribution is 2.32. The summed E-state index contributed by atoms with van der Waals surface area (Å²) in [5.74, 6) is 1.32. The van der Waals surface area contributed by atoms with Gasteiger partial charge in [0.25, 0.3) is 0 Å². The van der Waals surface area contributed by atoms with Crippen LogP contribution in [0.1, 0.15) is 19.3 Å². The van der Waals surface area contributed by atoms with Crippen LogP contribution in [-0.4, -0.2) is 59.6 Å². The summed E-state index contributed by atoms with van der Waals surface area (Å²) in [5.41, 5.74) is 6.64. The number of hydrogen-bond donors (Lipinski definition) is 4. The van der Waals surface area contributed by atoms with E-state index in [1.165, 1.54) is 0 Å². The Labute approximate surface area is 134 Å². The molecule has 0 aliphatic carbocycles. The van der Waals surface area contributed by atoms with Gasteiger partial charge >= 0.3 is 0 Å². The molecule has 2 saturated heterocycles. The van der Waals surface area contributed by atoms with Crippen LogP contribution in [0.15, 0.2) is 12.1 Å². The van der Waals surface area contributed by atoms with Crippen molar-refractivity contribution in [3.63, 3.8) is 0 Å². The van der Waals surface area contributed by atoms with Crippen LogP contribution in [0.4, 0.5) is 17.3 Å². The van der Waals surface area contributed by atoms with E-state index < -0.39 is 6.10 Å². The summed E-state index contributed by atoms with van der Waals surface area (Å²) in [6, 6.07) is 3.61. The molecule has 1 amide bonds. The molecule has 0 aromatic carbocycles. The summed E-state index contributed by atoms with van der Waals surface area (Å²) >= 11 is 0. The molecule has 23 heavy (non-hydrogen) atoms. The van der Waals surface area contributed by atoms with Crippen molar-refractivity contribution in [2.45, 2.75) is 37.6 Å². The Morgan fingerprint density at radius 3 is 3.00 bits per heavy atom. The van der Waals surface area contributed by atoms with Gasteiger partial charge < -0.3 is 31.1 Å². The van der Waals surface area contributed by atoms with Crippen LogP contribution in [0.5, 0.6) is 0 Å². The molecule has 2 fully saturated rings. The second-order valence-corrected chi connectivity index (χ2v) is 6.10. The standard InChI is InChI=1S/C15H23N5O3/c16-12-3-4-13(20-7-11(23)6-14(20)17-9-22)18-15(12)19-5-1-2-10(19)8-21/h3-4,9-11,14,21,23H,1-2,5-8,16H2,(H,17,22). The topological polar surface area (TPSA) is 115 Å². The lowest BCUT2D eigenvalue weighted by Crippen LogP contribution is -2.41. The maximum atomic E-state index is 10.8. The van der Waals surface area contributed by atoms with Crippen LogP contribution < -0.4 is 20.9 Å². The van der Waals surface area contributed by atoms with Gasteiger partial charge in [0.05, 0.1) is 24.4 Å². The minimum absolute atomic E-state index is 0.0353. The number of nitrogens with zero attached hydrogens (tertiary/aromatic N) is 3. The number of nitrogens with one attached hydrogen (secondary N) is 1. The summed E-state index contributed by atoms with van der Waals surface area (Å²) < 4.78 is 0. The van der Waals surface area contributed by atoms with E-state index >= 15 is 0 Å². The lowest BCUT2D eigenvalue weighted by Gasteiger charge is -2.29. The fourth-order valence-electron chi connectivity index (χ4n) is 3.45. The third kappa shape index (κ3) is 3.04. The molecule has 3 heterocycles. The lowest BCUT2D eigenvalue weighted by atomic mass is 10.2. The van der Waals surface area contributed by atoms with E-state index in [0.717, 1.165) is 19.4 Å². The highest BCUT2D eigenvalue weighted by Gasteiger charge is 2.33. The number of β-amino-alcohol motifs (C(OH)–C–C–N with tert-alkyl or cyclic N) is 1. The molecule has 3 rings (SSSR count). The molecule has 1 aromatic rings. The molecule has 3 unspecified atom stereocenters. The summed E-state index contributed by atoms with van der Waals surface area (Å²) in [6.07, 6.45) is 2.22. The molecule has 1 aromatic heterocycles. The number of aliphatic hydroxyl groups excluding tert-OH is 2. The van der Waals surface area contributed by atoms with Gasteiger partial charge in [-0.1, -0.05) is 0 Å². The number of rotatable bonds is 5. The van der Waals surface area contributed by atoms with Crippen molar-refractivity contribution in [3.8, 4) is 0 Å². The Morgan fingerprint density at radius 1 is 1.43 bits per heavy atom. The van der Waals surface area contributed by atoms with Crippen LogP contribution in [-0.2, 0) is 4.79 Å². The van der Waals surface area contributed by atoms with Crippen molar-refractivity contribution < 1.29 is 15.0 Å². The molecule has 2 aliphatic rings. The monoisotopic (exact) mass is 321 g/mol. The van der Waals surface area contributed by atoms with Crippen LogP contribution in [0, 0.1) is 0 Å². The number of pyridine rings is 1. The molecular formula is C15H23N5O3. The zero-order valence-corrected chi connectivity index (χ0v) is 12.9. The van der Waals surface area contributed by atoms with Crippen LogP contribution in [0.3, 0.4) is 0 Å². The van der Waals surface area contributed by atoms with Crippen molar-refractivity contribution in [2.75, 3.05) is 35.2 Å². The largest absolute Gasteiger partial charge is 0.396 e. The fourth-order valence-corrected chi connectivity index (χ4v) is 3.45. The quantitative estimate of drug-likeness (QED) is 0.528. The SMILES string of the molecule is Nc1ccc(N2CC(O)CC2NC=O)nc1N1CCCC1CO. The highest BCUT2D eigenvalue weighted by atomic mass is 16.3. The smallest absolute Gasteiger partial charge is 0.208 e. The van der Waals surface area contributed by atoms with Gasteiger partial charge in [-0.05, 0) is 25.0 Å². The van der Waals surface area contributed by atoms with Gasteiger partial charge in [0.15, 0.2) is 5.82 Å². The van der Waals surface area contributed by atoms with Gasteiger partial charge in [0, 0.05) is 19.5 Å². The first-order chi connectivity index (χ1) is 11.1.